The number of H-pyrrole nitrogens is 2. The molecule has 0 bridgehead atoms. The molecule has 0 unspecified atom stereocenters. The van der Waals surface area contributed by atoms with E-state index in [1.165, 1.54) is 0 Å². The molecule has 0 radical (unpaired) electrons. The van der Waals surface area contributed by atoms with Crippen LogP contribution in [0.2, 0.25) is 0 Å². The smallest absolute Gasteiger partial charge is 0.256 e. The van der Waals surface area contributed by atoms with Crippen molar-refractivity contribution in [3.05, 3.63) is 81.2 Å². The van der Waals surface area contributed by atoms with Crippen molar-refractivity contribution in [3.8, 4) is 34.2 Å². The summed E-state index contributed by atoms with van der Waals surface area (Å²) in [5, 5.41) is 20.2. The predicted molar refractivity (Wildman–Crippen MR) is 107 cm³/mol. The Labute approximate surface area is 159 Å². The van der Waals surface area contributed by atoms with Gasteiger partial charge in [0.2, 0.25) is 0 Å². The number of benzene rings is 2. The van der Waals surface area contributed by atoms with Gasteiger partial charge in [-0.05, 0) is 35.7 Å². The van der Waals surface area contributed by atoms with Crippen LogP contribution in [0.4, 0.5) is 0 Å². The molecule has 5 nitrogen and oxygen atoms in total. The van der Waals surface area contributed by atoms with E-state index in [0.717, 1.165) is 10.9 Å². The van der Waals surface area contributed by atoms with Crippen LogP contribution in [0.5, 0.6) is 5.75 Å². The number of fused-ring (bicyclic) bond motifs is 1. The molecule has 27 heavy (non-hydrogen) atoms. The molecule has 3 N–H and O–H groups in total. The number of phenols is 1. The summed E-state index contributed by atoms with van der Waals surface area (Å²) in [5.74, 6) is 0.112. The maximum absolute atomic E-state index is 12.7. The minimum atomic E-state index is -0.298. The molecular formula is C21H13N3O2S. The Hall–Kier alpha value is -3.69. The highest BCUT2D eigenvalue weighted by atomic mass is 32.1. The minimum Gasteiger partial charge on any atom is -0.508 e. The van der Waals surface area contributed by atoms with Crippen molar-refractivity contribution in [2.45, 2.75) is 0 Å². The number of hydrogen-bond donors (Lipinski definition) is 3. The van der Waals surface area contributed by atoms with Crippen molar-refractivity contribution >= 4 is 23.1 Å². The third-order valence-electron chi connectivity index (χ3n) is 4.35. The van der Waals surface area contributed by atoms with Gasteiger partial charge < -0.3 is 15.1 Å². The quantitative estimate of drug-likeness (QED) is 0.452. The Balaban J connectivity index is 2.03. The molecule has 4 aromatic rings. The Bertz CT molecular complexity index is 1350. The fraction of sp³-hybridized carbons (Fsp3) is 0. The Morgan fingerprint density at radius 2 is 1.78 bits per heavy atom. The molecule has 0 atom stereocenters. The predicted octanol–water partition coefficient (Wildman–Crippen LogP) is 4.50. The first-order chi connectivity index (χ1) is 13.1. The molecule has 0 amide bonds. The van der Waals surface area contributed by atoms with Crippen LogP contribution in [-0.2, 0) is 0 Å². The van der Waals surface area contributed by atoms with Crippen LogP contribution in [0, 0.1) is 16.0 Å². The van der Waals surface area contributed by atoms with Crippen molar-refractivity contribution in [3.63, 3.8) is 0 Å². The first-order valence-corrected chi connectivity index (χ1v) is 8.57. The highest BCUT2D eigenvalue weighted by Gasteiger charge is 2.14. The van der Waals surface area contributed by atoms with Gasteiger partial charge in [-0.2, -0.15) is 5.26 Å². The average molecular weight is 371 g/mol. The van der Waals surface area contributed by atoms with E-state index in [1.54, 1.807) is 36.4 Å². The third kappa shape index (κ3) is 3.01. The van der Waals surface area contributed by atoms with Gasteiger partial charge in [-0.25, -0.2) is 0 Å². The van der Waals surface area contributed by atoms with E-state index in [9.17, 15) is 15.2 Å². The lowest BCUT2D eigenvalue weighted by molar-refractivity contribution is 0.475. The molecule has 0 spiro atoms. The molecule has 0 fully saturated rings. The SMILES string of the molecule is N#Cc1c(-c2cc3ccccc3[nH]c2=O)cc(-c2cccc(O)c2)[nH]c1=S. The zero-order valence-corrected chi connectivity index (χ0v) is 14.8. The van der Waals surface area contributed by atoms with Gasteiger partial charge in [-0.1, -0.05) is 42.5 Å². The van der Waals surface area contributed by atoms with E-state index < -0.39 is 0 Å². The summed E-state index contributed by atoms with van der Waals surface area (Å²) in [6.07, 6.45) is 0. The molecule has 0 aliphatic rings. The number of hydrogen-bond acceptors (Lipinski definition) is 4. The summed E-state index contributed by atoms with van der Waals surface area (Å²) in [5.41, 5.74) is 2.78. The standard InChI is InChI=1S/C21H13N3O2S/c22-11-17-15(16-9-13-4-1-2-7-18(13)23-20(16)26)10-19(24-21(17)27)12-5-3-6-14(25)8-12/h1-10,25H,(H,23,26)(H,24,27). The van der Waals surface area contributed by atoms with Gasteiger partial charge in [0.05, 0.1) is 5.56 Å². The van der Waals surface area contributed by atoms with Crippen LogP contribution in [0.25, 0.3) is 33.3 Å². The molecule has 4 rings (SSSR count). The number of nitriles is 1. The van der Waals surface area contributed by atoms with E-state index in [1.807, 2.05) is 24.3 Å². The van der Waals surface area contributed by atoms with Crippen LogP contribution in [0.3, 0.4) is 0 Å². The average Bonchev–Trinajstić information content (AvgIpc) is 2.67. The minimum absolute atomic E-state index is 0.112. The van der Waals surface area contributed by atoms with Crippen LogP contribution in [0.15, 0.2) is 65.5 Å². The zero-order valence-electron chi connectivity index (χ0n) is 14.0. The first kappa shape index (κ1) is 16.8. The van der Waals surface area contributed by atoms with E-state index in [0.29, 0.717) is 22.4 Å². The molecule has 2 aromatic heterocycles. The lowest BCUT2D eigenvalue weighted by Crippen LogP contribution is -2.10. The fourth-order valence-corrected chi connectivity index (χ4v) is 3.33. The maximum atomic E-state index is 12.7. The highest BCUT2D eigenvalue weighted by molar-refractivity contribution is 7.71. The molecule has 2 aromatic carbocycles. The van der Waals surface area contributed by atoms with Gasteiger partial charge in [0.25, 0.3) is 5.56 Å². The Morgan fingerprint density at radius 3 is 2.56 bits per heavy atom. The van der Waals surface area contributed by atoms with Gasteiger partial charge in [-0.3, -0.25) is 4.79 Å². The normalized spacial score (nSPS) is 10.6. The van der Waals surface area contributed by atoms with E-state index in [-0.39, 0.29) is 21.5 Å². The van der Waals surface area contributed by atoms with Crippen LogP contribution in [0.1, 0.15) is 5.56 Å². The number of phenolic OH excluding ortho intramolecular Hbond substituents is 1. The first-order valence-electron chi connectivity index (χ1n) is 8.16. The van der Waals surface area contributed by atoms with E-state index in [2.05, 4.69) is 16.0 Å². The Morgan fingerprint density at radius 1 is 0.963 bits per heavy atom. The zero-order chi connectivity index (χ0) is 19.0. The van der Waals surface area contributed by atoms with Crippen LogP contribution < -0.4 is 5.56 Å². The lowest BCUT2D eigenvalue weighted by atomic mass is 9.99. The lowest BCUT2D eigenvalue weighted by Gasteiger charge is -2.10. The summed E-state index contributed by atoms with van der Waals surface area (Å²) >= 11 is 5.35. The van der Waals surface area contributed by atoms with E-state index in [4.69, 9.17) is 12.2 Å². The fourth-order valence-electron chi connectivity index (χ4n) is 3.06. The van der Waals surface area contributed by atoms with Crippen molar-refractivity contribution in [2.24, 2.45) is 0 Å². The number of aromatic nitrogens is 2. The highest BCUT2D eigenvalue weighted by Crippen LogP contribution is 2.29. The molecule has 0 aliphatic heterocycles. The van der Waals surface area contributed by atoms with Gasteiger partial charge in [-0.15, -0.1) is 0 Å². The summed E-state index contributed by atoms with van der Waals surface area (Å²) in [4.78, 5) is 18.5. The second-order valence-corrected chi connectivity index (χ2v) is 6.47. The Kier molecular flexibility index (Phi) is 4.07. The third-order valence-corrected chi connectivity index (χ3v) is 4.65. The van der Waals surface area contributed by atoms with Gasteiger partial charge >= 0.3 is 0 Å². The topological polar surface area (TPSA) is 92.7 Å². The van der Waals surface area contributed by atoms with Crippen molar-refractivity contribution in [1.29, 1.82) is 5.26 Å². The van der Waals surface area contributed by atoms with Gasteiger partial charge in [0.1, 0.15) is 16.5 Å². The summed E-state index contributed by atoms with van der Waals surface area (Å²) in [6, 6.07) is 19.7. The molecular weight excluding hydrogens is 358 g/mol. The molecule has 130 valence electrons. The number of pyridine rings is 2. The second kappa shape index (κ2) is 6.56. The summed E-state index contributed by atoms with van der Waals surface area (Å²) < 4.78 is 0.237. The molecule has 0 aliphatic carbocycles. The monoisotopic (exact) mass is 371 g/mol. The summed E-state index contributed by atoms with van der Waals surface area (Å²) in [7, 11) is 0. The molecule has 0 saturated carbocycles. The van der Waals surface area contributed by atoms with Crippen LogP contribution >= 0.6 is 12.2 Å². The molecule has 0 saturated heterocycles. The molecule has 6 heteroatoms. The van der Waals surface area contributed by atoms with Crippen molar-refractivity contribution in [1.82, 2.24) is 9.97 Å². The van der Waals surface area contributed by atoms with E-state index >= 15 is 0 Å². The van der Waals surface area contributed by atoms with Crippen molar-refractivity contribution < 1.29 is 5.11 Å². The number of nitrogens with one attached hydrogen (secondary N) is 2. The maximum Gasteiger partial charge on any atom is 0.256 e. The van der Waals surface area contributed by atoms with Gasteiger partial charge in [0.15, 0.2) is 0 Å². The van der Waals surface area contributed by atoms with Crippen molar-refractivity contribution in [2.75, 3.05) is 0 Å². The number of para-hydroxylation sites is 1. The number of aromatic amines is 2. The summed E-state index contributed by atoms with van der Waals surface area (Å²) in [6.45, 7) is 0. The van der Waals surface area contributed by atoms with Crippen LogP contribution in [-0.4, -0.2) is 15.1 Å². The number of aromatic hydroxyl groups is 1. The molecule has 2 heterocycles. The van der Waals surface area contributed by atoms with Gasteiger partial charge in [0, 0.05) is 27.9 Å². The largest absolute Gasteiger partial charge is 0.508 e. The second-order valence-electron chi connectivity index (χ2n) is 6.06. The number of rotatable bonds is 2. The number of nitrogens with zero attached hydrogens (tertiary/aromatic N) is 1.